The molecule has 0 aliphatic rings. The zero-order valence-electron chi connectivity index (χ0n) is 9.61. The van der Waals surface area contributed by atoms with Crippen LogP contribution < -0.4 is 5.32 Å². The molecular weight excluding hydrogens is 257 g/mol. The van der Waals surface area contributed by atoms with Gasteiger partial charge in [0.1, 0.15) is 5.82 Å². The van der Waals surface area contributed by atoms with E-state index in [0.717, 1.165) is 11.3 Å². The number of aliphatic hydroxyl groups is 1. The normalized spacial score (nSPS) is 10.6. The van der Waals surface area contributed by atoms with Crippen LogP contribution in [0.25, 0.3) is 0 Å². The standard InChI is InChI=1S/C12H13ClFN3O/c13-11-5-9(1-2-12(11)14)6-15-10-7-16-17(8-10)3-4-18/h1-2,5,7-8,15,18H,3-4,6H2. The highest BCUT2D eigenvalue weighted by Crippen LogP contribution is 2.17. The van der Waals surface area contributed by atoms with Crippen molar-refractivity contribution in [1.29, 1.82) is 0 Å². The minimum absolute atomic E-state index is 0.0503. The van der Waals surface area contributed by atoms with E-state index in [1.165, 1.54) is 6.07 Å². The highest BCUT2D eigenvalue weighted by molar-refractivity contribution is 6.30. The van der Waals surface area contributed by atoms with Crippen LogP contribution in [-0.4, -0.2) is 21.5 Å². The summed E-state index contributed by atoms with van der Waals surface area (Å²) < 4.78 is 14.6. The van der Waals surface area contributed by atoms with Crippen LogP contribution in [-0.2, 0) is 13.1 Å². The van der Waals surface area contributed by atoms with Gasteiger partial charge < -0.3 is 10.4 Å². The number of nitrogens with zero attached hydrogens (tertiary/aromatic N) is 2. The van der Waals surface area contributed by atoms with E-state index in [0.29, 0.717) is 13.1 Å². The lowest BCUT2D eigenvalue weighted by molar-refractivity contribution is 0.269. The fraction of sp³-hybridized carbons (Fsp3) is 0.250. The number of aromatic nitrogens is 2. The predicted octanol–water partition coefficient (Wildman–Crippen LogP) is 2.28. The number of aliphatic hydroxyl groups excluding tert-OH is 1. The second-order valence-corrected chi connectivity index (χ2v) is 4.22. The van der Waals surface area contributed by atoms with E-state index in [9.17, 15) is 4.39 Å². The van der Waals surface area contributed by atoms with E-state index < -0.39 is 5.82 Å². The Labute approximate surface area is 109 Å². The van der Waals surface area contributed by atoms with E-state index >= 15 is 0 Å². The van der Waals surface area contributed by atoms with Crippen molar-refractivity contribution in [2.45, 2.75) is 13.1 Å². The summed E-state index contributed by atoms with van der Waals surface area (Å²) in [7, 11) is 0. The fourth-order valence-electron chi connectivity index (χ4n) is 1.53. The Kier molecular flexibility index (Phi) is 4.17. The van der Waals surface area contributed by atoms with Gasteiger partial charge in [0, 0.05) is 12.7 Å². The average Bonchev–Trinajstić information content (AvgIpc) is 2.79. The molecule has 0 unspecified atom stereocenters. The molecule has 0 fully saturated rings. The molecule has 2 N–H and O–H groups in total. The number of halogens is 2. The molecule has 0 aliphatic carbocycles. The van der Waals surface area contributed by atoms with Crippen LogP contribution in [0.4, 0.5) is 10.1 Å². The molecule has 1 heterocycles. The van der Waals surface area contributed by atoms with Crippen molar-refractivity contribution in [3.63, 3.8) is 0 Å². The number of anilines is 1. The molecule has 0 atom stereocenters. The maximum atomic E-state index is 13.0. The van der Waals surface area contributed by atoms with E-state index in [4.69, 9.17) is 16.7 Å². The summed E-state index contributed by atoms with van der Waals surface area (Å²) in [5.41, 5.74) is 1.72. The number of benzene rings is 1. The monoisotopic (exact) mass is 269 g/mol. The van der Waals surface area contributed by atoms with Crippen LogP contribution in [0, 0.1) is 5.82 Å². The maximum absolute atomic E-state index is 13.0. The molecule has 2 aromatic rings. The lowest BCUT2D eigenvalue weighted by Crippen LogP contribution is -2.02. The first-order valence-electron chi connectivity index (χ1n) is 5.50. The minimum Gasteiger partial charge on any atom is -0.394 e. The molecule has 0 amide bonds. The molecule has 0 aliphatic heterocycles. The molecular formula is C12H13ClFN3O. The van der Waals surface area contributed by atoms with Crippen LogP contribution in [0.2, 0.25) is 5.02 Å². The SMILES string of the molecule is OCCn1cc(NCc2ccc(F)c(Cl)c2)cn1. The van der Waals surface area contributed by atoms with Crippen molar-refractivity contribution < 1.29 is 9.50 Å². The van der Waals surface area contributed by atoms with Crippen LogP contribution in [0.1, 0.15) is 5.56 Å². The van der Waals surface area contributed by atoms with Crippen molar-refractivity contribution in [2.24, 2.45) is 0 Å². The summed E-state index contributed by atoms with van der Waals surface area (Å²) in [6.45, 7) is 1.05. The quantitative estimate of drug-likeness (QED) is 0.876. The number of hydrogen-bond donors (Lipinski definition) is 2. The van der Waals surface area contributed by atoms with Gasteiger partial charge in [0.2, 0.25) is 0 Å². The number of rotatable bonds is 5. The smallest absolute Gasteiger partial charge is 0.141 e. The Bertz CT molecular complexity index is 530. The van der Waals surface area contributed by atoms with Gasteiger partial charge in [-0.2, -0.15) is 5.10 Å². The van der Waals surface area contributed by atoms with Gasteiger partial charge in [0.25, 0.3) is 0 Å². The highest BCUT2D eigenvalue weighted by atomic mass is 35.5. The maximum Gasteiger partial charge on any atom is 0.141 e. The first kappa shape index (κ1) is 12.9. The Balaban J connectivity index is 1.95. The topological polar surface area (TPSA) is 50.1 Å². The van der Waals surface area contributed by atoms with Gasteiger partial charge in [-0.15, -0.1) is 0 Å². The van der Waals surface area contributed by atoms with Gasteiger partial charge >= 0.3 is 0 Å². The Morgan fingerprint density at radius 1 is 1.44 bits per heavy atom. The van der Waals surface area contributed by atoms with Crippen LogP contribution in [0.15, 0.2) is 30.6 Å². The summed E-state index contributed by atoms with van der Waals surface area (Å²) in [4.78, 5) is 0. The summed E-state index contributed by atoms with van der Waals surface area (Å²) in [5, 5.41) is 16.1. The van der Waals surface area contributed by atoms with Crippen molar-refractivity contribution >= 4 is 17.3 Å². The van der Waals surface area contributed by atoms with Gasteiger partial charge in [-0.3, -0.25) is 4.68 Å². The van der Waals surface area contributed by atoms with Gasteiger partial charge in [-0.05, 0) is 17.7 Å². The first-order valence-corrected chi connectivity index (χ1v) is 5.88. The van der Waals surface area contributed by atoms with E-state index in [1.807, 2.05) is 0 Å². The molecule has 4 nitrogen and oxygen atoms in total. The van der Waals surface area contributed by atoms with Crippen molar-refractivity contribution in [3.05, 3.63) is 47.0 Å². The zero-order chi connectivity index (χ0) is 13.0. The third kappa shape index (κ3) is 3.21. The lowest BCUT2D eigenvalue weighted by atomic mass is 10.2. The van der Waals surface area contributed by atoms with Gasteiger partial charge in [0.05, 0.1) is 30.1 Å². The number of nitrogens with one attached hydrogen (secondary N) is 1. The Morgan fingerprint density at radius 2 is 2.28 bits per heavy atom. The highest BCUT2D eigenvalue weighted by Gasteiger charge is 2.02. The summed E-state index contributed by atoms with van der Waals surface area (Å²) in [5.74, 6) is -0.420. The molecule has 2 rings (SSSR count). The van der Waals surface area contributed by atoms with Crippen LogP contribution in [0.5, 0.6) is 0 Å². The second-order valence-electron chi connectivity index (χ2n) is 3.82. The van der Waals surface area contributed by atoms with Crippen LogP contribution in [0.3, 0.4) is 0 Å². The predicted molar refractivity (Wildman–Crippen MR) is 68.0 cm³/mol. The number of hydrogen-bond acceptors (Lipinski definition) is 3. The molecule has 6 heteroatoms. The minimum atomic E-state index is -0.420. The largest absolute Gasteiger partial charge is 0.394 e. The molecule has 0 saturated heterocycles. The van der Waals surface area contributed by atoms with E-state index in [-0.39, 0.29) is 11.6 Å². The van der Waals surface area contributed by atoms with E-state index in [2.05, 4.69) is 10.4 Å². The average molecular weight is 270 g/mol. The van der Waals surface area contributed by atoms with Gasteiger partial charge in [-0.25, -0.2) is 4.39 Å². The van der Waals surface area contributed by atoms with Crippen LogP contribution >= 0.6 is 11.6 Å². The summed E-state index contributed by atoms with van der Waals surface area (Å²) in [6, 6.07) is 4.60. The Morgan fingerprint density at radius 3 is 3.00 bits per heavy atom. The van der Waals surface area contributed by atoms with Gasteiger partial charge in [0.15, 0.2) is 0 Å². The van der Waals surface area contributed by atoms with Crippen molar-refractivity contribution in [1.82, 2.24) is 9.78 Å². The lowest BCUT2D eigenvalue weighted by Gasteiger charge is -2.04. The fourth-order valence-corrected chi connectivity index (χ4v) is 1.74. The molecule has 1 aromatic heterocycles. The third-order valence-electron chi connectivity index (χ3n) is 2.44. The zero-order valence-corrected chi connectivity index (χ0v) is 10.4. The summed E-state index contributed by atoms with van der Waals surface area (Å²) in [6.07, 6.45) is 3.46. The summed E-state index contributed by atoms with van der Waals surface area (Å²) >= 11 is 5.69. The Hall–Kier alpha value is -1.59. The van der Waals surface area contributed by atoms with E-state index in [1.54, 1.807) is 29.2 Å². The van der Waals surface area contributed by atoms with Gasteiger partial charge in [-0.1, -0.05) is 17.7 Å². The molecule has 18 heavy (non-hydrogen) atoms. The second kappa shape index (κ2) is 5.84. The molecule has 0 saturated carbocycles. The van der Waals surface area contributed by atoms with Crippen molar-refractivity contribution in [3.8, 4) is 0 Å². The molecule has 96 valence electrons. The molecule has 0 spiro atoms. The van der Waals surface area contributed by atoms with Crippen molar-refractivity contribution in [2.75, 3.05) is 11.9 Å². The third-order valence-corrected chi connectivity index (χ3v) is 2.73. The molecule has 0 bridgehead atoms. The molecule has 1 aromatic carbocycles. The first-order chi connectivity index (χ1) is 8.69. The molecule has 0 radical (unpaired) electrons.